The molecule has 10 heteroatoms. The number of methoxy groups -OCH3 is 1. The summed E-state index contributed by atoms with van der Waals surface area (Å²) in [4.78, 5) is 35.9. The maximum atomic E-state index is 12.4. The fourth-order valence-electron chi connectivity index (χ4n) is 2.60. The summed E-state index contributed by atoms with van der Waals surface area (Å²) in [6, 6.07) is -0.383. The first-order valence-electron chi connectivity index (χ1n) is 7.94. The van der Waals surface area contributed by atoms with Gasteiger partial charge in [-0.25, -0.2) is 4.79 Å². The zero-order chi connectivity index (χ0) is 17.5. The number of imide groups is 1. The minimum atomic E-state index is -0.756. The van der Waals surface area contributed by atoms with Crippen molar-refractivity contribution in [2.24, 2.45) is 5.92 Å². The molecule has 4 N–H and O–H groups in total. The second-order valence-electron chi connectivity index (χ2n) is 5.50. The van der Waals surface area contributed by atoms with Gasteiger partial charge in [0.1, 0.15) is 6.23 Å². The number of nitrogens with one attached hydrogen (secondary N) is 4. The molecule has 3 amide bonds. The zero-order valence-electron chi connectivity index (χ0n) is 13.8. The van der Waals surface area contributed by atoms with Crippen molar-refractivity contribution in [3.63, 3.8) is 0 Å². The van der Waals surface area contributed by atoms with E-state index in [1.807, 2.05) is 0 Å². The summed E-state index contributed by atoms with van der Waals surface area (Å²) in [5.41, 5.74) is 0. The van der Waals surface area contributed by atoms with Gasteiger partial charge in [-0.05, 0) is 19.1 Å². The highest BCUT2D eigenvalue weighted by molar-refractivity contribution is 8.00. The Bertz CT molecular complexity index is 470. The minimum Gasteiger partial charge on any atom is -0.450 e. The Morgan fingerprint density at radius 3 is 2.62 bits per heavy atom. The van der Waals surface area contributed by atoms with E-state index < -0.39 is 17.9 Å². The van der Waals surface area contributed by atoms with Crippen molar-refractivity contribution >= 4 is 29.7 Å². The molecule has 136 valence electrons. The van der Waals surface area contributed by atoms with E-state index in [2.05, 4.69) is 21.3 Å². The predicted molar refractivity (Wildman–Crippen MR) is 88.3 cm³/mol. The standard InChI is InChI=1S/C14H24N4O5S/c1-3-23-14(21)18-11(19)8-4-5-24-13(8)17-12(20)9-6-16-10(22-2)7-15-9/h8-10,13,15-16H,3-7H2,1-2H3,(H,17,20)(H,18,19,21). The zero-order valence-corrected chi connectivity index (χ0v) is 14.6. The summed E-state index contributed by atoms with van der Waals surface area (Å²) in [7, 11) is 1.60. The molecule has 2 aliphatic rings. The first-order valence-corrected chi connectivity index (χ1v) is 8.99. The van der Waals surface area contributed by atoms with E-state index in [0.717, 1.165) is 5.75 Å². The molecule has 4 unspecified atom stereocenters. The van der Waals surface area contributed by atoms with Crippen molar-refractivity contribution in [3.05, 3.63) is 0 Å². The van der Waals surface area contributed by atoms with Crippen LogP contribution in [0.4, 0.5) is 4.79 Å². The summed E-state index contributed by atoms with van der Waals surface area (Å²) in [6.07, 6.45) is -0.269. The van der Waals surface area contributed by atoms with Crippen LogP contribution < -0.4 is 21.3 Å². The molecule has 0 aromatic heterocycles. The average Bonchev–Trinajstić information content (AvgIpc) is 3.03. The number of ether oxygens (including phenoxy) is 2. The number of piperazine rings is 1. The number of hydrogen-bond donors (Lipinski definition) is 4. The molecule has 2 aliphatic heterocycles. The van der Waals surface area contributed by atoms with Crippen molar-refractivity contribution in [1.29, 1.82) is 0 Å². The number of hydrogen-bond acceptors (Lipinski definition) is 8. The third-order valence-electron chi connectivity index (χ3n) is 3.91. The molecule has 0 saturated carbocycles. The molecule has 24 heavy (non-hydrogen) atoms. The Kier molecular flexibility index (Phi) is 7.28. The van der Waals surface area contributed by atoms with Gasteiger partial charge in [0.05, 0.1) is 23.9 Å². The van der Waals surface area contributed by atoms with Gasteiger partial charge in [0.15, 0.2) is 0 Å². The SMILES string of the molecule is CCOC(=O)NC(=O)C1CCSC1NC(=O)C1CNC(OC)CN1. The largest absolute Gasteiger partial charge is 0.450 e. The first-order chi connectivity index (χ1) is 11.5. The molecule has 2 rings (SSSR count). The lowest BCUT2D eigenvalue weighted by Gasteiger charge is -2.30. The highest BCUT2D eigenvalue weighted by Gasteiger charge is 2.37. The molecule has 2 saturated heterocycles. The van der Waals surface area contributed by atoms with Gasteiger partial charge >= 0.3 is 6.09 Å². The van der Waals surface area contributed by atoms with Crippen LogP contribution in [0.2, 0.25) is 0 Å². The number of carbonyl (C=O) groups excluding carboxylic acids is 3. The predicted octanol–water partition coefficient (Wildman–Crippen LogP) is -1.01. The van der Waals surface area contributed by atoms with Crippen LogP contribution in [-0.2, 0) is 19.1 Å². The lowest BCUT2D eigenvalue weighted by molar-refractivity contribution is -0.126. The Balaban J connectivity index is 1.83. The summed E-state index contributed by atoms with van der Waals surface area (Å²) in [5, 5.41) is 11.0. The minimum absolute atomic E-state index is 0.113. The van der Waals surface area contributed by atoms with Crippen LogP contribution in [-0.4, -0.2) is 68.1 Å². The Hall–Kier alpha value is -1.36. The van der Waals surface area contributed by atoms with Crippen LogP contribution in [0.3, 0.4) is 0 Å². The molecule has 9 nitrogen and oxygen atoms in total. The Morgan fingerprint density at radius 2 is 2.00 bits per heavy atom. The molecule has 2 heterocycles. The lowest BCUT2D eigenvalue weighted by Crippen LogP contribution is -2.61. The molecule has 0 spiro atoms. The van der Waals surface area contributed by atoms with E-state index in [0.29, 0.717) is 19.5 Å². The van der Waals surface area contributed by atoms with Gasteiger partial charge in [-0.1, -0.05) is 0 Å². The second kappa shape index (κ2) is 9.21. The number of amides is 3. The van der Waals surface area contributed by atoms with Crippen molar-refractivity contribution in [2.45, 2.75) is 31.0 Å². The smallest absolute Gasteiger partial charge is 0.413 e. The van der Waals surface area contributed by atoms with Gasteiger partial charge in [0.2, 0.25) is 11.8 Å². The fourth-order valence-corrected chi connectivity index (χ4v) is 3.93. The normalized spacial score (nSPS) is 29.8. The number of rotatable bonds is 5. The van der Waals surface area contributed by atoms with Crippen molar-refractivity contribution in [2.75, 3.05) is 32.6 Å². The molecule has 0 aromatic rings. The van der Waals surface area contributed by atoms with Gasteiger partial charge in [-0.3, -0.25) is 20.2 Å². The Labute approximate surface area is 145 Å². The monoisotopic (exact) mass is 360 g/mol. The molecular weight excluding hydrogens is 336 g/mol. The molecule has 0 bridgehead atoms. The topological polar surface area (TPSA) is 118 Å². The molecule has 2 fully saturated rings. The van der Waals surface area contributed by atoms with Crippen LogP contribution in [0.25, 0.3) is 0 Å². The van der Waals surface area contributed by atoms with Gasteiger partial charge in [0, 0.05) is 20.2 Å². The van der Waals surface area contributed by atoms with E-state index in [1.54, 1.807) is 14.0 Å². The summed E-state index contributed by atoms with van der Waals surface area (Å²) >= 11 is 1.50. The molecular formula is C14H24N4O5S. The third kappa shape index (κ3) is 5.07. The molecule has 0 aliphatic carbocycles. The van der Waals surface area contributed by atoms with Crippen LogP contribution in [0.1, 0.15) is 13.3 Å². The van der Waals surface area contributed by atoms with E-state index in [-0.39, 0.29) is 30.2 Å². The van der Waals surface area contributed by atoms with Crippen LogP contribution in [0.15, 0.2) is 0 Å². The number of carbonyl (C=O) groups is 3. The maximum absolute atomic E-state index is 12.4. The average molecular weight is 360 g/mol. The Morgan fingerprint density at radius 1 is 1.21 bits per heavy atom. The van der Waals surface area contributed by atoms with E-state index in [9.17, 15) is 14.4 Å². The van der Waals surface area contributed by atoms with Crippen molar-refractivity contribution < 1.29 is 23.9 Å². The number of thioether (sulfide) groups is 1. The van der Waals surface area contributed by atoms with Crippen molar-refractivity contribution in [1.82, 2.24) is 21.3 Å². The lowest BCUT2D eigenvalue weighted by atomic mass is 10.1. The molecule has 0 radical (unpaired) electrons. The summed E-state index contributed by atoms with van der Waals surface area (Å²) in [6.45, 7) is 2.83. The summed E-state index contributed by atoms with van der Waals surface area (Å²) in [5.74, 6) is -0.302. The highest BCUT2D eigenvalue weighted by Crippen LogP contribution is 2.30. The van der Waals surface area contributed by atoms with E-state index in [4.69, 9.17) is 9.47 Å². The first kappa shape index (κ1) is 19.0. The van der Waals surface area contributed by atoms with Crippen LogP contribution >= 0.6 is 11.8 Å². The van der Waals surface area contributed by atoms with Gasteiger partial charge < -0.3 is 20.1 Å². The van der Waals surface area contributed by atoms with E-state index >= 15 is 0 Å². The van der Waals surface area contributed by atoms with Gasteiger partial charge in [-0.15, -0.1) is 11.8 Å². The highest BCUT2D eigenvalue weighted by atomic mass is 32.2. The maximum Gasteiger partial charge on any atom is 0.413 e. The van der Waals surface area contributed by atoms with Crippen LogP contribution in [0, 0.1) is 5.92 Å². The summed E-state index contributed by atoms with van der Waals surface area (Å²) < 4.78 is 9.86. The second-order valence-corrected chi connectivity index (χ2v) is 6.75. The quantitative estimate of drug-likeness (QED) is 0.493. The van der Waals surface area contributed by atoms with Gasteiger partial charge in [-0.2, -0.15) is 0 Å². The number of alkyl carbamates (subject to hydrolysis) is 1. The van der Waals surface area contributed by atoms with E-state index in [1.165, 1.54) is 11.8 Å². The third-order valence-corrected chi connectivity index (χ3v) is 5.19. The van der Waals surface area contributed by atoms with Crippen LogP contribution in [0.5, 0.6) is 0 Å². The van der Waals surface area contributed by atoms with Crippen molar-refractivity contribution in [3.8, 4) is 0 Å². The fraction of sp³-hybridized carbons (Fsp3) is 0.786. The molecule has 0 aromatic carbocycles. The molecule has 4 atom stereocenters. The van der Waals surface area contributed by atoms with Gasteiger partial charge in [0.25, 0.3) is 0 Å².